The van der Waals surface area contributed by atoms with Gasteiger partial charge in [0.15, 0.2) is 0 Å². The lowest BCUT2D eigenvalue weighted by Gasteiger charge is -2.34. The first-order valence-electron chi connectivity index (χ1n) is 9.58. The zero-order valence-electron chi connectivity index (χ0n) is 15.5. The molecule has 1 amide bonds. The predicted octanol–water partition coefficient (Wildman–Crippen LogP) is 3.29. The van der Waals surface area contributed by atoms with Crippen LogP contribution in [0.5, 0.6) is 0 Å². The average Bonchev–Trinajstić information content (AvgIpc) is 3.39. The third kappa shape index (κ3) is 4.23. The van der Waals surface area contributed by atoms with Gasteiger partial charge in [0.05, 0.1) is 24.2 Å². The molecule has 0 aromatic carbocycles. The van der Waals surface area contributed by atoms with Gasteiger partial charge in [0.1, 0.15) is 12.6 Å². The van der Waals surface area contributed by atoms with Crippen molar-refractivity contribution in [2.45, 2.75) is 44.8 Å². The minimum atomic E-state index is -0.361. The molecule has 0 bridgehead atoms. The molecule has 1 saturated carbocycles. The van der Waals surface area contributed by atoms with E-state index in [4.69, 9.17) is 14.0 Å². The van der Waals surface area contributed by atoms with Crippen LogP contribution in [0.2, 0.25) is 0 Å². The second-order valence-electron chi connectivity index (χ2n) is 7.22. The number of thiophene rings is 1. The molecule has 3 heterocycles. The molecular weight excluding hydrogens is 366 g/mol. The molecule has 2 aliphatic rings. The molecule has 1 aliphatic heterocycles. The quantitative estimate of drug-likeness (QED) is 0.778. The Morgan fingerprint density at radius 1 is 1.41 bits per heavy atom. The molecule has 1 saturated heterocycles. The highest BCUT2D eigenvalue weighted by molar-refractivity contribution is 7.13. The number of nitrogens with zero attached hydrogens (tertiary/aromatic N) is 3. The lowest BCUT2D eigenvalue weighted by atomic mass is 9.88. The molecule has 146 valence electrons. The average molecular weight is 391 g/mol. The Balaban J connectivity index is 1.42. The maximum Gasteiger partial charge on any atom is 0.252 e. The molecule has 0 unspecified atom stereocenters. The highest BCUT2D eigenvalue weighted by Crippen LogP contribution is 2.29. The second-order valence-corrected chi connectivity index (χ2v) is 8.17. The minimum absolute atomic E-state index is 0.0445. The highest BCUT2D eigenvalue weighted by Gasteiger charge is 2.34. The second kappa shape index (κ2) is 8.50. The molecule has 0 spiro atoms. The van der Waals surface area contributed by atoms with E-state index in [9.17, 15) is 4.79 Å². The van der Waals surface area contributed by atoms with Crippen molar-refractivity contribution in [3.05, 3.63) is 23.4 Å². The standard InChI is InChI=1S/C19H25N3O4S/c1-13-5-2-3-6-15(13)25-12-17(23)22-8-9-24-11-14(22)19-20-18(21-26-19)16-7-4-10-27-16/h4,7,10,13-15H,2-3,5-6,8-9,11-12H2,1H3/t13-,14+,15+/m1/s1. The van der Waals surface area contributed by atoms with E-state index < -0.39 is 0 Å². The van der Waals surface area contributed by atoms with Gasteiger partial charge < -0.3 is 18.9 Å². The number of carbonyl (C=O) groups is 1. The van der Waals surface area contributed by atoms with Crippen molar-refractivity contribution in [2.24, 2.45) is 5.92 Å². The van der Waals surface area contributed by atoms with E-state index in [1.165, 1.54) is 19.3 Å². The van der Waals surface area contributed by atoms with E-state index in [0.717, 1.165) is 11.3 Å². The van der Waals surface area contributed by atoms with E-state index in [0.29, 0.717) is 37.4 Å². The summed E-state index contributed by atoms with van der Waals surface area (Å²) >= 11 is 1.55. The van der Waals surface area contributed by atoms with E-state index in [1.807, 2.05) is 17.5 Å². The lowest BCUT2D eigenvalue weighted by molar-refractivity contribution is -0.150. The van der Waals surface area contributed by atoms with Gasteiger partial charge in [0.2, 0.25) is 11.7 Å². The molecule has 7 nitrogen and oxygen atoms in total. The maximum absolute atomic E-state index is 12.8. The van der Waals surface area contributed by atoms with Gasteiger partial charge in [0.25, 0.3) is 5.89 Å². The van der Waals surface area contributed by atoms with Gasteiger partial charge in [-0.25, -0.2) is 0 Å². The fourth-order valence-corrected chi connectivity index (χ4v) is 4.42. The van der Waals surface area contributed by atoms with Crippen molar-refractivity contribution in [2.75, 3.05) is 26.4 Å². The smallest absolute Gasteiger partial charge is 0.252 e. The number of amides is 1. The molecule has 2 aromatic heterocycles. The summed E-state index contributed by atoms with van der Waals surface area (Å²) in [5, 5.41) is 6.02. The normalized spacial score (nSPS) is 26.3. The van der Waals surface area contributed by atoms with Crippen molar-refractivity contribution in [3.63, 3.8) is 0 Å². The third-order valence-electron chi connectivity index (χ3n) is 5.37. The van der Waals surface area contributed by atoms with Gasteiger partial charge in [0, 0.05) is 6.54 Å². The van der Waals surface area contributed by atoms with Crippen LogP contribution in [0.15, 0.2) is 22.0 Å². The molecule has 0 radical (unpaired) electrons. The number of ether oxygens (including phenoxy) is 2. The zero-order chi connectivity index (χ0) is 18.6. The first kappa shape index (κ1) is 18.6. The predicted molar refractivity (Wildman–Crippen MR) is 100 cm³/mol. The SMILES string of the molecule is C[C@@H]1CCCC[C@@H]1OCC(=O)N1CCOC[C@H]1c1nc(-c2cccs2)no1. The van der Waals surface area contributed by atoms with Gasteiger partial charge >= 0.3 is 0 Å². The van der Waals surface area contributed by atoms with Crippen LogP contribution in [0.3, 0.4) is 0 Å². The molecule has 8 heteroatoms. The van der Waals surface area contributed by atoms with Gasteiger partial charge in [-0.15, -0.1) is 11.3 Å². The van der Waals surface area contributed by atoms with Crippen LogP contribution in [0, 0.1) is 5.92 Å². The van der Waals surface area contributed by atoms with Crippen molar-refractivity contribution in [3.8, 4) is 10.7 Å². The zero-order valence-corrected chi connectivity index (χ0v) is 16.3. The first-order chi connectivity index (χ1) is 13.2. The fraction of sp³-hybridized carbons (Fsp3) is 0.632. The lowest BCUT2D eigenvalue weighted by Crippen LogP contribution is -2.45. The van der Waals surface area contributed by atoms with Crippen LogP contribution in [-0.2, 0) is 14.3 Å². The van der Waals surface area contributed by atoms with Gasteiger partial charge in [-0.1, -0.05) is 31.0 Å². The van der Waals surface area contributed by atoms with Gasteiger partial charge in [-0.3, -0.25) is 4.79 Å². The Hall–Kier alpha value is -1.77. The Kier molecular flexibility index (Phi) is 5.85. The molecule has 1 aliphatic carbocycles. The van der Waals surface area contributed by atoms with E-state index in [2.05, 4.69) is 17.1 Å². The molecule has 0 N–H and O–H groups in total. The number of morpholine rings is 1. The summed E-state index contributed by atoms with van der Waals surface area (Å²) in [6.45, 7) is 3.67. The number of rotatable bonds is 5. The Bertz CT molecular complexity index is 748. The fourth-order valence-electron chi connectivity index (χ4n) is 3.77. The Morgan fingerprint density at radius 2 is 2.30 bits per heavy atom. The summed E-state index contributed by atoms with van der Waals surface area (Å²) in [5.41, 5.74) is 0. The van der Waals surface area contributed by atoms with Crippen LogP contribution in [0.4, 0.5) is 0 Å². The number of hydrogen-bond acceptors (Lipinski definition) is 7. The molecule has 3 atom stereocenters. The molecular formula is C19H25N3O4S. The monoisotopic (exact) mass is 391 g/mol. The summed E-state index contributed by atoms with van der Waals surface area (Å²) in [6, 6.07) is 3.53. The molecule has 27 heavy (non-hydrogen) atoms. The van der Waals surface area contributed by atoms with Gasteiger partial charge in [-0.05, 0) is 30.2 Å². The van der Waals surface area contributed by atoms with Crippen molar-refractivity contribution >= 4 is 17.2 Å². The summed E-state index contributed by atoms with van der Waals surface area (Å²) in [5.74, 6) is 1.43. The van der Waals surface area contributed by atoms with Crippen LogP contribution >= 0.6 is 11.3 Å². The van der Waals surface area contributed by atoms with E-state index in [1.54, 1.807) is 16.2 Å². The van der Waals surface area contributed by atoms with Crippen LogP contribution < -0.4 is 0 Å². The summed E-state index contributed by atoms with van der Waals surface area (Å²) in [7, 11) is 0. The Labute approximate surface area is 162 Å². The van der Waals surface area contributed by atoms with Crippen LogP contribution in [0.25, 0.3) is 10.7 Å². The van der Waals surface area contributed by atoms with Crippen molar-refractivity contribution in [1.29, 1.82) is 0 Å². The molecule has 4 rings (SSSR count). The molecule has 2 aromatic rings. The van der Waals surface area contributed by atoms with Crippen LogP contribution in [0.1, 0.15) is 44.5 Å². The first-order valence-corrected chi connectivity index (χ1v) is 10.5. The summed E-state index contributed by atoms with van der Waals surface area (Å²) in [4.78, 5) is 20.0. The van der Waals surface area contributed by atoms with E-state index in [-0.39, 0.29) is 24.7 Å². The van der Waals surface area contributed by atoms with Crippen molar-refractivity contribution in [1.82, 2.24) is 15.0 Å². The van der Waals surface area contributed by atoms with E-state index >= 15 is 0 Å². The topological polar surface area (TPSA) is 77.7 Å². The van der Waals surface area contributed by atoms with Gasteiger partial charge in [-0.2, -0.15) is 4.98 Å². The number of aromatic nitrogens is 2. The minimum Gasteiger partial charge on any atom is -0.377 e. The maximum atomic E-state index is 12.8. The van der Waals surface area contributed by atoms with Crippen LogP contribution in [-0.4, -0.2) is 53.4 Å². The van der Waals surface area contributed by atoms with Crippen molar-refractivity contribution < 1.29 is 18.8 Å². The summed E-state index contributed by atoms with van der Waals surface area (Å²) in [6.07, 6.45) is 4.82. The number of hydrogen-bond donors (Lipinski definition) is 0. The highest BCUT2D eigenvalue weighted by atomic mass is 32.1. The Morgan fingerprint density at radius 3 is 3.11 bits per heavy atom. The molecule has 2 fully saturated rings. The third-order valence-corrected chi connectivity index (χ3v) is 6.24. The number of carbonyl (C=O) groups excluding carboxylic acids is 1. The summed E-state index contributed by atoms with van der Waals surface area (Å²) < 4.78 is 17.0. The largest absolute Gasteiger partial charge is 0.377 e.